The Hall–Kier alpha value is -4.34. The van der Waals surface area contributed by atoms with Crippen LogP contribution in [0.25, 0.3) is 11.1 Å². The van der Waals surface area contributed by atoms with Gasteiger partial charge in [-0.1, -0.05) is 74.4 Å². The number of ether oxygens (including phenoxy) is 1. The second-order valence-electron chi connectivity index (χ2n) is 13.4. The molecule has 48 heavy (non-hydrogen) atoms. The van der Waals surface area contributed by atoms with Crippen LogP contribution in [0.15, 0.2) is 66.7 Å². The number of anilines is 1. The normalized spacial score (nSPS) is 19.0. The molecule has 1 N–H and O–H groups in total. The van der Waals surface area contributed by atoms with Gasteiger partial charge in [0.2, 0.25) is 5.91 Å². The highest BCUT2D eigenvalue weighted by atomic mass is 19.4. The van der Waals surface area contributed by atoms with Crippen LogP contribution >= 0.6 is 0 Å². The summed E-state index contributed by atoms with van der Waals surface area (Å²) < 4.78 is 50.2. The first kappa shape index (κ1) is 35.0. The van der Waals surface area contributed by atoms with E-state index in [2.05, 4.69) is 11.4 Å². The van der Waals surface area contributed by atoms with Gasteiger partial charge in [0.25, 0.3) is 11.8 Å². The Morgan fingerprint density at radius 1 is 1.00 bits per heavy atom. The van der Waals surface area contributed by atoms with Gasteiger partial charge < -0.3 is 19.9 Å². The van der Waals surface area contributed by atoms with Crippen LogP contribution in [-0.2, 0) is 15.8 Å². The summed E-state index contributed by atoms with van der Waals surface area (Å²) in [7, 11) is 0. The predicted molar refractivity (Wildman–Crippen MR) is 180 cm³/mol. The Balaban J connectivity index is 1.57. The molecule has 2 atom stereocenters. The summed E-state index contributed by atoms with van der Waals surface area (Å²) in [4.78, 5) is 42.9. The fourth-order valence-electron chi connectivity index (χ4n) is 7.00. The first-order valence-electron chi connectivity index (χ1n) is 16.7. The molecule has 0 unspecified atom stereocenters. The Morgan fingerprint density at radius 3 is 2.35 bits per heavy atom. The predicted octanol–water partition coefficient (Wildman–Crippen LogP) is 7.98. The van der Waals surface area contributed by atoms with E-state index < -0.39 is 40.8 Å². The van der Waals surface area contributed by atoms with Crippen LogP contribution in [0.3, 0.4) is 0 Å². The maximum Gasteiger partial charge on any atom is 0.417 e. The molecule has 0 radical (unpaired) electrons. The number of carbonyl (C=O) groups is 3. The average molecular weight is 664 g/mol. The number of rotatable bonds is 9. The number of nitrogens with zero attached hydrogens (tertiary/aromatic N) is 2. The Bertz CT molecular complexity index is 1650. The number of alkyl halides is 3. The van der Waals surface area contributed by atoms with Crippen molar-refractivity contribution < 1.29 is 32.3 Å². The lowest BCUT2D eigenvalue weighted by Crippen LogP contribution is -2.54. The molecule has 2 aliphatic rings. The minimum absolute atomic E-state index is 0.000291. The maximum absolute atomic E-state index is 14.8. The van der Waals surface area contributed by atoms with Crippen molar-refractivity contribution in [1.82, 2.24) is 10.2 Å². The summed E-state index contributed by atoms with van der Waals surface area (Å²) in [6, 6.07) is 19.4. The van der Waals surface area contributed by atoms with Crippen LogP contribution in [-0.4, -0.2) is 53.4 Å². The van der Waals surface area contributed by atoms with Crippen LogP contribution in [0.4, 0.5) is 18.9 Å². The van der Waals surface area contributed by atoms with E-state index in [4.69, 9.17) is 4.74 Å². The standard InChI is InChI=1S/C38H44F3N3O4/c1-6-34(45)42-19-20-43-32-22-29(30(38(39,40)41)23-33(32)48-37(4,5)36(43)47)35(46)44(24(2)3)31-18-11-10-17-28(31)27-16-12-15-26(21-27)25-13-8-7-9-14-25/h7-9,12-16,21-24,28,31H,6,10-11,17-20H2,1-5H3,(H,42,45)/t28-,31+/m1/s1. The van der Waals surface area contributed by atoms with Gasteiger partial charge in [0, 0.05) is 37.5 Å². The molecule has 1 fully saturated rings. The number of benzene rings is 3. The van der Waals surface area contributed by atoms with E-state index in [9.17, 15) is 27.6 Å². The molecule has 1 saturated carbocycles. The van der Waals surface area contributed by atoms with E-state index in [1.807, 2.05) is 62.4 Å². The second kappa shape index (κ2) is 14.0. The summed E-state index contributed by atoms with van der Waals surface area (Å²) in [6.45, 7) is 8.40. The van der Waals surface area contributed by atoms with E-state index in [-0.39, 0.29) is 48.8 Å². The van der Waals surface area contributed by atoms with Gasteiger partial charge in [-0.3, -0.25) is 14.4 Å². The lowest BCUT2D eigenvalue weighted by atomic mass is 9.78. The molecule has 0 saturated heterocycles. The highest BCUT2D eigenvalue weighted by Crippen LogP contribution is 2.45. The monoisotopic (exact) mass is 663 g/mol. The van der Waals surface area contributed by atoms with Crippen LogP contribution in [0.1, 0.15) is 94.1 Å². The lowest BCUT2D eigenvalue weighted by Gasteiger charge is -2.43. The Kier molecular flexibility index (Phi) is 10.2. The lowest BCUT2D eigenvalue weighted by molar-refractivity contribution is -0.138. The Labute approximate surface area is 280 Å². The van der Waals surface area contributed by atoms with Crippen molar-refractivity contribution in [1.29, 1.82) is 0 Å². The molecule has 256 valence electrons. The molecule has 0 spiro atoms. The molecule has 10 heteroatoms. The fraction of sp³-hybridized carbons (Fsp3) is 0.447. The van der Waals surface area contributed by atoms with Gasteiger partial charge in [0.05, 0.1) is 16.8 Å². The molecular weight excluding hydrogens is 619 g/mol. The molecule has 7 nitrogen and oxygen atoms in total. The van der Waals surface area contributed by atoms with E-state index in [0.29, 0.717) is 6.42 Å². The highest BCUT2D eigenvalue weighted by molar-refractivity contribution is 6.05. The molecular formula is C38H44F3N3O4. The minimum Gasteiger partial charge on any atom is -0.476 e. The van der Waals surface area contributed by atoms with Gasteiger partial charge in [0.1, 0.15) is 5.75 Å². The average Bonchev–Trinajstić information content (AvgIpc) is 3.06. The van der Waals surface area contributed by atoms with Gasteiger partial charge in [-0.25, -0.2) is 0 Å². The Morgan fingerprint density at radius 2 is 1.69 bits per heavy atom. The first-order valence-corrected chi connectivity index (χ1v) is 16.7. The SMILES string of the molecule is CCC(=O)NCCN1C(=O)C(C)(C)Oc2cc(C(F)(F)F)c(C(=O)N(C(C)C)[C@H]3CCCC[C@@H]3c3cccc(-c4ccccc4)c3)cc21. The number of fused-ring (bicyclic) bond motifs is 1. The number of amides is 3. The van der Waals surface area contributed by atoms with Crippen LogP contribution in [0.5, 0.6) is 5.75 Å². The van der Waals surface area contributed by atoms with E-state index >= 15 is 0 Å². The van der Waals surface area contributed by atoms with Gasteiger partial charge >= 0.3 is 6.18 Å². The third-order valence-corrected chi connectivity index (χ3v) is 9.33. The molecule has 1 aliphatic heterocycles. The summed E-state index contributed by atoms with van der Waals surface area (Å²) in [6.07, 6.45) is -1.38. The number of hydrogen-bond donors (Lipinski definition) is 1. The molecule has 1 heterocycles. The van der Waals surface area contributed by atoms with Crippen molar-refractivity contribution in [3.05, 3.63) is 83.4 Å². The third kappa shape index (κ3) is 7.22. The van der Waals surface area contributed by atoms with Gasteiger partial charge in [0.15, 0.2) is 5.60 Å². The second-order valence-corrected chi connectivity index (χ2v) is 13.4. The smallest absolute Gasteiger partial charge is 0.417 e. The van der Waals surface area contributed by atoms with Gasteiger partial charge in [-0.15, -0.1) is 0 Å². The van der Waals surface area contributed by atoms with Crippen LogP contribution < -0.4 is 15.0 Å². The largest absolute Gasteiger partial charge is 0.476 e. The molecule has 1 aliphatic carbocycles. The summed E-state index contributed by atoms with van der Waals surface area (Å²) in [5.74, 6) is -1.67. The zero-order chi connectivity index (χ0) is 34.8. The fourth-order valence-corrected chi connectivity index (χ4v) is 7.00. The molecule has 0 aromatic heterocycles. The molecule has 3 amide bonds. The van der Waals surface area contributed by atoms with Crippen LogP contribution in [0.2, 0.25) is 0 Å². The van der Waals surface area contributed by atoms with Crippen molar-refractivity contribution in [2.45, 2.75) is 96.5 Å². The quantitative estimate of drug-likeness (QED) is 0.252. The minimum atomic E-state index is -4.87. The zero-order valence-corrected chi connectivity index (χ0v) is 28.2. The van der Waals surface area contributed by atoms with Crippen molar-refractivity contribution in [3.8, 4) is 16.9 Å². The van der Waals surface area contributed by atoms with E-state index in [1.165, 1.54) is 18.7 Å². The molecule has 3 aromatic carbocycles. The van der Waals surface area contributed by atoms with Crippen LogP contribution in [0, 0.1) is 0 Å². The maximum atomic E-state index is 14.8. The van der Waals surface area contributed by atoms with E-state index in [1.54, 1.807) is 11.8 Å². The number of nitrogens with one attached hydrogen (secondary N) is 1. The zero-order valence-electron chi connectivity index (χ0n) is 28.2. The van der Waals surface area contributed by atoms with E-state index in [0.717, 1.165) is 48.1 Å². The van der Waals surface area contributed by atoms with Crippen molar-refractivity contribution in [2.75, 3.05) is 18.0 Å². The summed E-state index contributed by atoms with van der Waals surface area (Å²) >= 11 is 0. The van der Waals surface area contributed by atoms with Crippen molar-refractivity contribution in [2.24, 2.45) is 0 Å². The number of hydrogen-bond acceptors (Lipinski definition) is 4. The number of carbonyl (C=O) groups excluding carboxylic acids is 3. The summed E-state index contributed by atoms with van der Waals surface area (Å²) in [5, 5.41) is 2.71. The number of halogens is 3. The third-order valence-electron chi connectivity index (χ3n) is 9.33. The van der Waals surface area contributed by atoms with Gasteiger partial charge in [-0.05, 0) is 69.4 Å². The molecule has 5 rings (SSSR count). The first-order chi connectivity index (χ1) is 22.7. The van der Waals surface area contributed by atoms with Gasteiger partial charge in [-0.2, -0.15) is 13.2 Å². The van der Waals surface area contributed by atoms with Crippen molar-refractivity contribution >= 4 is 23.4 Å². The van der Waals surface area contributed by atoms with Crippen molar-refractivity contribution in [3.63, 3.8) is 0 Å². The highest BCUT2D eigenvalue weighted by Gasteiger charge is 2.46. The molecule has 0 bridgehead atoms. The topological polar surface area (TPSA) is 79.0 Å². The summed E-state index contributed by atoms with van der Waals surface area (Å²) in [5.41, 5.74) is 0.117. The molecule has 3 aromatic rings.